The molecule has 2 aromatic heterocycles. The van der Waals surface area contributed by atoms with Crippen molar-refractivity contribution in [2.24, 2.45) is 0 Å². The lowest BCUT2D eigenvalue weighted by atomic mass is 10.00. The lowest BCUT2D eigenvalue weighted by Gasteiger charge is -2.26. The van der Waals surface area contributed by atoms with Crippen LogP contribution in [0.2, 0.25) is 0 Å². The molecule has 234 valence electrons. The number of hydrogen-bond donors (Lipinski definition) is 3. The number of amides is 1. The molecule has 8 nitrogen and oxygen atoms in total. The van der Waals surface area contributed by atoms with E-state index in [0.717, 1.165) is 44.0 Å². The van der Waals surface area contributed by atoms with E-state index in [1.54, 1.807) is 12.1 Å². The van der Waals surface area contributed by atoms with Crippen molar-refractivity contribution in [1.29, 1.82) is 0 Å². The van der Waals surface area contributed by atoms with Crippen LogP contribution in [0.25, 0.3) is 11.6 Å². The van der Waals surface area contributed by atoms with E-state index in [1.165, 1.54) is 30.2 Å². The Bertz CT molecular complexity index is 1470. The highest BCUT2D eigenvalue weighted by atomic mass is 19.1. The van der Waals surface area contributed by atoms with E-state index in [2.05, 4.69) is 53.4 Å². The van der Waals surface area contributed by atoms with Crippen LogP contribution in [-0.2, 0) is 19.4 Å². The predicted octanol–water partition coefficient (Wildman–Crippen LogP) is 5.70. The predicted molar refractivity (Wildman–Crippen MR) is 167 cm³/mol. The summed E-state index contributed by atoms with van der Waals surface area (Å²) in [6.45, 7) is 8.38. The van der Waals surface area contributed by atoms with Crippen molar-refractivity contribution < 1.29 is 23.1 Å². The zero-order valence-corrected chi connectivity index (χ0v) is 25.5. The number of aliphatic hydroxyl groups excluding tert-OH is 1. The third-order valence-electron chi connectivity index (χ3n) is 7.28. The molecule has 2 heterocycles. The van der Waals surface area contributed by atoms with Crippen molar-refractivity contribution in [2.45, 2.75) is 65.1 Å². The summed E-state index contributed by atoms with van der Waals surface area (Å²) >= 11 is 0. The molecule has 1 amide bonds. The Morgan fingerprint density at radius 1 is 0.977 bits per heavy atom. The first kappa shape index (κ1) is 32.8. The van der Waals surface area contributed by atoms with Crippen LogP contribution in [-0.4, -0.2) is 52.8 Å². The summed E-state index contributed by atoms with van der Waals surface area (Å²) in [5, 5.41) is 17.4. The molecule has 0 unspecified atom stereocenters. The molecule has 0 fully saturated rings. The topological polar surface area (TPSA) is 104 Å². The van der Waals surface area contributed by atoms with E-state index in [4.69, 9.17) is 9.40 Å². The van der Waals surface area contributed by atoms with Gasteiger partial charge in [-0.3, -0.25) is 4.79 Å². The zero-order chi connectivity index (χ0) is 31.5. The number of nitrogens with zero attached hydrogens (tertiary/aromatic N) is 3. The van der Waals surface area contributed by atoms with E-state index in [9.17, 15) is 18.7 Å². The van der Waals surface area contributed by atoms with Gasteiger partial charge in [-0.2, -0.15) is 0 Å². The van der Waals surface area contributed by atoms with Gasteiger partial charge in [-0.15, -0.1) is 0 Å². The van der Waals surface area contributed by atoms with E-state index < -0.39 is 29.7 Å². The Morgan fingerprint density at radius 2 is 1.70 bits per heavy atom. The Morgan fingerprint density at radius 3 is 2.36 bits per heavy atom. The van der Waals surface area contributed by atoms with Crippen LogP contribution in [0.1, 0.15) is 60.7 Å². The molecule has 4 aromatic rings. The summed E-state index contributed by atoms with van der Waals surface area (Å²) in [5.74, 6) is -1.04. The van der Waals surface area contributed by atoms with Crippen molar-refractivity contribution in [2.75, 3.05) is 24.5 Å². The molecule has 10 heteroatoms. The third kappa shape index (κ3) is 9.17. The number of oxazole rings is 1. The molecule has 4 rings (SSSR count). The number of carbonyl (C=O) groups excluding carboxylic acids is 1. The molecule has 0 saturated heterocycles. The second-order valence-corrected chi connectivity index (χ2v) is 10.9. The number of benzene rings is 2. The fraction of sp³-hybridized carbons (Fsp3) is 0.382. The Kier molecular flexibility index (Phi) is 12.0. The average Bonchev–Trinajstić information content (AvgIpc) is 3.55. The lowest BCUT2D eigenvalue weighted by Crippen LogP contribution is -2.48. The van der Waals surface area contributed by atoms with Gasteiger partial charge in [-0.1, -0.05) is 45.0 Å². The molecule has 0 bridgehead atoms. The van der Waals surface area contributed by atoms with Crippen LogP contribution in [0.4, 0.5) is 14.6 Å². The van der Waals surface area contributed by atoms with E-state index in [-0.39, 0.29) is 18.9 Å². The average molecular weight is 606 g/mol. The largest absolute Gasteiger partial charge is 0.443 e. The molecule has 0 saturated carbocycles. The molecule has 0 aliphatic carbocycles. The first-order chi connectivity index (χ1) is 21.3. The van der Waals surface area contributed by atoms with Crippen molar-refractivity contribution in [3.05, 3.63) is 101 Å². The van der Waals surface area contributed by atoms with Gasteiger partial charge in [0.05, 0.1) is 18.3 Å². The SMILES string of the molecule is CCCN(CCC)c1cc(C(=O)N[C@@H](Cc2cc(F)cc(F)c2)[C@@H](O)CNCc2cccc(CC)c2)cc(-c2ncco2)n1. The van der Waals surface area contributed by atoms with Crippen molar-refractivity contribution >= 4 is 11.7 Å². The fourth-order valence-electron chi connectivity index (χ4n) is 5.13. The first-order valence-corrected chi connectivity index (χ1v) is 15.2. The second kappa shape index (κ2) is 16.1. The molecule has 0 spiro atoms. The summed E-state index contributed by atoms with van der Waals surface area (Å²) in [6.07, 6.45) is 4.59. The van der Waals surface area contributed by atoms with E-state index >= 15 is 0 Å². The van der Waals surface area contributed by atoms with Crippen LogP contribution in [0, 0.1) is 11.6 Å². The van der Waals surface area contributed by atoms with E-state index in [0.29, 0.717) is 29.2 Å². The highest BCUT2D eigenvalue weighted by molar-refractivity contribution is 5.96. The summed E-state index contributed by atoms with van der Waals surface area (Å²) in [4.78, 5) is 24.8. The molecule has 3 N–H and O–H groups in total. The molecular formula is C34H41F2N5O3. The van der Waals surface area contributed by atoms with Crippen LogP contribution < -0.4 is 15.5 Å². The third-order valence-corrected chi connectivity index (χ3v) is 7.28. The Labute approximate surface area is 257 Å². The number of anilines is 1. The van der Waals surface area contributed by atoms with Gasteiger partial charge in [-0.25, -0.2) is 18.7 Å². The standard InChI is InChI=1S/C34H41F2N5O3/c1-4-11-41(12-5-2)32-19-26(18-30(39-32)34-38-10-13-44-34)33(43)40-29(17-25-15-27(35)20-28(36)16-25)31(42)22-37-21-24-9-7-8-23(6-3)14-24/h7-10,13-16,18-20,29,31,37,42H,4-6,11-12,17,21-22H2,1-3H3,(H,40,43)/t29-,31-/m0/s1. The van der Waals surface area contributed by atoms with Gasteiger partial charge < -0.3 is 25.1 Å². The number of aryl methyl sites for hydroxylation is 1. The van der Waals surface area contributed by atoms with Crippen LogP contribution >= 0.6 is 0 Å². The van der Waals surface area contributed by atoms with Gasteiger partial charge in [0.2, 0.25) is 5.89 Å². The summed E-state index contributed by atoms with van der Waals surface area (Å²) in [5.41, 5.74) is 3.29. The highest BCUT2D eigenvalue weighted by Crippen LogP contribution is 2.23. The normalized spacial score (nSPS) is 12.6. The minimum Gasteiger partial charge on any atom is -0.443 e. The first-order valence-electron chi connectivity index (χ1n) is 15.2. The van der Waals surface area contributed by atoms with E-state index in [1.807, 2.05) is 12.1 Å². The number of halogens is 2. The summed E-state index contributed by atoms with van der Waals surface area (Å²) in [6, 6.07) is 13.8. The molecule has 44 heavy (non-hydrogen) atoms. The molecule has 2 aromatic carbocycles. The number of hydrogen-bond acceptors (Lipinski definition) is 7. The van der Waals surface area contributed by atoms with Gasteiger partial charge in [0.15, 0.2) is 0 Å². The second-order valence-electron chi connectivity index (χ2n) is 10.9. The quantitative estimate of drug-likeness (QED) is 0.151. The van der Waals surface area contributed by atoms with Crippen LogP contribution in [0.15, 0.2) is 71.5 Å². The maximum absolute atomic E-state index is 14.1. The van der Waals surface area contributed by atoms with Crippen LogP contribution in [0.5, 0.6) is 0 Å². The minimum atomic E-state index is -1.07. The molecule has 0 aliphatic heterocycles. The maximum atomic E-state index is 14.1. The molecule has 0 aliphatic rings. The maximum Gasteiger partial charge on any atom is 0.251 e. The van der Waals surface area contributed by atoms with Gasteiger partial charge in [0.25, 0.3) is 5.91 Å². The number of aromatic nitrogens is 2. The van der Waals surface area contributed by atoms with Crippen molar-refractivity contribution in [3.8, 4) is 11.6 Å². The van der Waals surface area contributed by atoms with Gasteiger partial charge in [-0.05, 0) is 66.6 Å². The highest BCUT2D eigenvalue weighted by Gasteiger charge is 2.25. The Balaban J connectivity index is 1.59. The van der Waals surface area contributed by atoms with Gasteiger partial charge in [0.1, 0.15) is 29.4 Å². The minimum absolute atomic E-state index is 0.0108. The number of aliphatic hydroxyl groups is 1. The number of rotatable bonds is 16. The van der Waals surface area contributed by atoms with Crippen LogP contribution in [0.3, 0.4) is 0 Å². The van der Waals surface area contributed by atoms with Crippen molar-refractivity contribution in [3.63, 3.8) is 0 Å². The zero-order valence-electron chi connectivity index (χ0n) is 25.5. The van der Waals surface area contributed by atoms with Gasteiger partial charge in [0, 0.05) is 37.8 Å². The molecule has 2 atom stereocenters. The van der Waals surface area contributed by atoms with Gasteiger partial charge >= 0.3 is 0 Å². The number of carbonyl (C=O) groups is 1. The number of nitrogens with one attached hydrogen (secondary N) is 2. The summed E-state index contributed by atoms with van der Waals surface area (Å²) in [7, 11) is 0. The molecule has 0 radical (unpaired) electrons. The van der Waals surface area contributed by atoms with Crippen molar-refractivity contribution in [1.82, 2.24) is 20.6 Å². The molecular weight excluding hydrogens is 564 g/mol. The lowest BCUT2D eigenvalue weighted by molar-refractivity contribution is 0.0830. The monoisotopic (exact) mass is 605 g/mol. The smallest absolute Gasteiger partial charge is 0.251 e. The summed E-state index contributed by atoms with van der Waals surface area (Å²) < 4.78 is 33.6. The number of pyridine rings is 1. The Hall–Kier alpha value is -4.15. The fourth-order valence-corrected chi connectivity index (χ4v) is 5.13.